The molecular weight excluding hydrogens is 338 g/mol. The van der Waals surface area contributed by atoms with Crippen LogP contribution in [0.4, 0.5) is 11.5 Å². The van der Waals surface area contributed by atoms with Gasteiger partial charge in [0.15, 0.2) is 5.69 Å². The number of nitrogen functional groups attached to an aromatic ring is 1. The van der Waals surface area contributed by atoms with Crippen LogP contribution in [0.25, 0.3) is 0 Å². The lowest BCUT2D eigenvalue weighted by molar-refractivity contribution is 0.0992. The second-order valence-electron chi connectivity index (χ2n) is 4.99. The minimum Gasteiger partial charge on any atom is -0.383 e. The monoisotopic (exact) mass is 353 g/mol. The van der Waals surface area contributed by atoms with Crippen molar-refractivity contribution in [1.29, 1.82) is 0 Å². The van der Waals surface area contributed by atoms with Crippen LogP contribution in [0.2, 0.25) is 0 Å². The van der Waals surface area contributed by atoms with Gasteiger partial charge in [0.2, 0.25) is 10.0 Å². The number of carbonyl (C=O) groups excluding carboxylic acids is 1. The fourth-order valence-corrected chi connectivity index (χ4v) is 2.55. The minimum absolute atomic E-state index is 0.109. The molecule has 10 nitrogen and oxygen atoms in total. The van der Waals surface area contributed by atoms with Gasteiger partial charge in [-0.2, -0.15) is 0 Å². The number of hydrogen-bond acceptors (Lipinski definition) is 6. The largest absolute Gasteiger partial charge is 0.383 e. The molecule has 0 bridgehead atoms. The Hall–Kier alpha value is -2.92. The predicted molar refractivity (Wildman–Crippen MR) is 87.3 cm³/mol. The van der Waals surface area contributed by atoms with Gasteiger partial charge in [-0.1, -0.05) is 0 Å². The van der Waals surface area contributed by atoms with Crippen LogP contribution >= 0.6 is 0 Å². The van der Waals surface area contributed by atoms with E-state index in [0.717, 1.165) is 9.47 Å². The summed E-state index contributed by atoms with van der Waals surface area (Å²) in [7, 11) is -1.23. The van der Waals surface area contributed by atoms with Crippen molar-refractivity contribution in [2.45, 2.75) is 4.90 Å². The Bertz CT molecular complexity index is 1020. The van der Waals surface area contributed by atoms with Crippen LogP contribution in [0, 0.1) is 0 Å². The Labute approximate surface area is 136 Å². The van der Waals surface area contributed by atoms with Crippen molar-refractivity contribution in [2.75, 3.05) is 17.7 Å². The third-order valence-electron chi connectivity index (χ3n) is 3.41. The van der Waals surface area contributed by atoms with Gasteiger partial charge >= 0.3 is 5.69 Å². The second-order valence-corrected chi connectivity index (χ2v) is 6.55. The molecule has 128 valence electrons. The van der Waals surface area contributed by atoms with Crippen molar-refractivity contribution < 1.29 is 13.2 Å². The highest BCUT2D eigenvalue weighted by atomic mass is 32.2. The number of nitrogens with one attached hydrogen (secondary N) is 1. The number of benzene rings is 1. The lowest BCUT2D eigenvalue weighted by Gasteiger charge is -2.19. The Balaban J connectivity index is 2.46. The van der Waals surface area contributed by atoms with Gasteiger partial charge in [0.25, 0.3) is 11.5 Å². The van der Waals surface area contributed by atoms with E-state index in [9.17, 15) is 22.8 Å². The molecule has 0 radical (unpaired) electrons. The SMILES string of the molecule is CN(C(=O)c1ccc(S(N)(=O)=O)cc1)c1c(N)n(C)c(=O)[nH]c1=O. The molecule has 24 heavy (non-hydrogen) atoms. The summed E-state index contributed by atoms with van der Waals surface area (Å²) in [5.41, 5.74) is 4.13. The molecule has 5 N–H and O–H groups in total. The number of hydrogen-bond donors (Lipinski definition) is 3. The maximum absolute atomic E-state index is 12.5. The third-order valence-corrected chi connectivity index (χ3v) is 4.34. The van der Waals surface area contributed by atoms with E-state index >= 15 is 0 Å². The molecule has 1 aromatic heterocycles. The van der Waals surface area contributed by atoms with E-state index in [1.807, 2.05) is 4.98 Å². The number of anilines is 2. The van der Waals surface area contributed by atoms with Crippen LogP contribution < -0.4 is 27.0 Å². The predicted octanol–water partition coefficient (Wildman–Crippen LogP) is -1.42. The number of aromatic nitrogens is 2. The summed E-state index contributed by atoms with van der Waals surface area (Å²) in [5, 5.41) is 4.99. The molecule has 2 rings (SSSR count). The summed E-state index contributed by atoms with van der Waals surface area (Å²) in [6.45, 7) is 0. The lowest BCUT2D eigenvalue weighted by Crippen LogP contribution is -2.38. The molecule has 1 amide bonds. The van der Waals surface area contributed by atoms with Crippen LogP contribution in [-0.2, 0) is 17.1 Å². The Morgan fingerprint density at radius 3 is 2.25 bits per heavy atom. The molecule has 0 aliphatic carbocycles. The van der Waals surface area contributed by atoms with Gasteiger partial charge in [-0.05, 0) is 24.3 Å². The highest BCUT2D eigenvalue weighted by Crippen LogP contribution is 2.17. The van der Waals surface area contributed by atoms with Crippen LogP contribution in [0.1, 0.15) is 10.4 Å². The van der Waals surface area contributed by atoms with Crippen LogP contribution in [-0.4, -0.2) is 30.9 Å². The first-order valence-electron chi connectivity index (χ1n) is 6.53. The first-order valence-corrected chi connectivity index (χ1v) is 8.08. The van der Waals surface area contributed by atoms with Crippen LogP contribution in [0.15, 0.2) is 38.8 Å². The van der Waals surface area contributed by atoms with Crippen LogP contribution in [0.5, 0.6) is 0 Å². The van der Waals surface area contributed by atoms with Crippen LogP contribution in [0.3, 0.4) is 0 Å². The van der Waals surface area contributed by atoms with Gasteiger partial charge in [0, 0.05) is 19.7 Å². The topological polar surface area (TPSA) is 161 Å². The fraction of sp³-hybridized carbons (Fsp3) is 0.154. The van der Waals surface area contributed by atoms with Crippen molar-refractivity contribution in [1.82, 2.24) is 9.55 Å². The molecule has 0 atom stereocenters. The van der Waals surface area contributed by atoms with E-state index in [1.54, 1.807) is 0 Å². The molecule has 11 heteroatoms. The fourth-order valence-electron chi connectivity index (χ4n) is 2.03. The smallest absolute Gasteiger partial charge is 0.329 e. The van der Waals surface area contributed by atoms with Crippen molar-refractivity contribution in [2.24, 2.45) is 12.2 Å². The van der Waals surface area contributed by atoms with E-state index in [2.05, 4.69) is 0 Å². The average Bonchev–Trinajstić information content (AvgIpc) is 2.51. The Kier molecular flexibility index (Phi) is 4.32. The van der Waals surface area contributed by atoms with Crippen molar-refractivity contribution in [3.8, 4) is 0 Å². The zero-order valence-corrected chi connectivity index (χ0v) is 13.6. The molecule has 1 heterocycles. The number of sulfonamides is 1. The van der Waals surface area contributed by atoms with Gasteiger partial charge in [-0.3, -0.25) is 19.1 Å². The summed E-state index contributed by atoms with van der Waals surface area (Å²) in [6, 6.07) is 4.85. The van der Waals surface area contributed by atoms with Gasteiger partial charge in [-0.25, -0.2) is 18.4 Å². The summed E-state index contributed by atoms with van der Waals surface area (Å²) in [6.07, 6.45) is 0. The summed E-state index contributed by atoms with van der Waals surface area (Å²) in [5.74, 6) is -0.799. The molecule has 0 spiro atoms. The van der Waals surface area contributed by atoms with Gasteiger partial charge in [-0.15, -0.1) is 0 Å². The molecule has 0 unspecified atom stereocenters. The van der Waals surface area contributed by atoms with Gasteiger partial charge < -0.3 is 10.6 Å². The lowest BCUT2D eigenvalue weighted by atomic mass is 10.2. The minimum atomic E-state index is -3.88. The molecular formula is C13H15N5O5S. The molecule has 0 fully saturated rings. The first kappa shape index (κ1) is 17.4. The highest BCUT2D eigenvalue weighted by Gasteiger charge is 2.21. The number of aromatic amines is 1. The summed E-state index contributed by atoms with van der Waals surface area (Å²) in [4.78, 5) is 38.7. The van der Waals surface area contributed by atoms with E-state index in [1.165, 1.54) is 38.4 Å². The van der Waals surface area contributed by atoms with E-state index in [-0.39, 0.29) is 22.0 Å². The van der Waals surface area contributed by atoms with Gasteiger partial charge in [0.05, 0.1) is 4.90 Å². The number of rotatable bonds is 3. The summed E-state index contributed by atoms with van der Waals surface area (Å²) >= 11 is 0. The number of H-pyrrole nitrogens is 1. The first-order chi connectivity index (χ1) is 11.0. The second kappa shape index (κ2) is 5.94. The molecule has 0 saturated heterocycles. The zero-order valence-electron chi connectivity index (χ0n) is 12.8. The summed E-state index contributed by atoms with van der Waals surface area (Å²) < 4.78 is 23.4. The molecule has 2 aromatic rings. The normalized spacial score (nSPS) is 11.3. The quantitative estimate of drug-likeness (QED) is 0.613. The molecule has 0 saturated carbocycles. The number of amides is 1. The molecule has 0 aliphatic rings. The van der Waals surface area contributed by atoms with Gasteiger partial charge in [0.1, 0.15) is 5.82 Å². The number of primary sulfonamides is 1. The molecule has 0 aliphatic heterocycles. The third kappa shape index (κ3) is 3.07. The standard InChI is InChI=1S/C13H15N5O5S/c1-17(9-10(14)18(2)13(21)16-11(9)19)12(20)7-3-5-8(6-4-7)24(15,22)23/h3-6H,14H2,1-2H3,(H2,15,22,23)(H,16,19,21). The highest BCUT2D eigenvalue weighted by molar-refractivity contribution is 7.89. The van der Waals surface area contributed by atoms with Crippen molar-refractivity contribution in [3.05, 3.63) is 50.7 Å². The number of carbonyl (C=O) groups is 1. The number of nitrogens with zero attached hydrogens (tertiary/aromatic N) is 2. The zero-order chi connectivity index (χ0) is 18.2. The van der Waals surface area contributed by atoms with Crippen molar-refractivity contribution >= 4 is 27.4 Å². The van der Waals surface area contributed by atoms with E-state index < -0.39 is 27.2 Å². The maximum Gasteiger partial charge on any atom is 0.329 e. The molecule has 1 aromatic carbocycles. The number of nitrogens with two attached hydrogens (primary N) is 2. The maximum atomic E-state index is 12.5. The average molecular weight is 353 g/mol. The Morgan fingerprint density at radius 2 is 1.75 bits per heavy atom. The van der Waals surface area contributed by atoms with E-state index in [4.69, 9.17) is 10.9 Å². The van der Waals surface area contributed by atoms with E-state index in [0.29, 0.717) is 0 Å². The Morgan fingerprint density at radius 1 is 1.21 bits per heavy atom. The van der Waals surface area contributed by atoms with Crippen molar-refractivity contribution in [3.63, 3.8) is 0 Å².